The zero-order valence-corrected chi connectivity index (χ0v) is 13.3. The largest absolute Gasteiger partial charge is 0.341 e. The lowest BCUT2D eigenvalue weighted by atomic mass is 9.96. The molecular weight excluding hydrogens is 279 g/mol. The Morgan fingerprint density at radius 3 is 2.82 bits per heavy atom. The highest BCUT2D eigenvalue weighted by atomic mass is 19.1. The molecule has 0 radical (unpaired) electrons. The van der Waals surface area contributed by atoms with Gasteiger partial charge in [-0.25, -0.2) is 4.39 Å². The molecular formula is C18H25FN2O. The number of aryl methyl sites for hydroxylation is 1. The van der Waals surface area contributed by atoms with Gasteiger partial charge in [-0.3, -0.25) is 4.79 Å². The van der Waals surface area contributed by atoms with E-state index in [9.17, 15) is 9.18 Å². The zero-order valence-electron chi connectivity index (χ0n) is 13.3. The minimum absolute atomic E-state index is 0.141. The smallest absolute Gasteiger partial charge is 0.242 e. The first kappa shape index (κ1) is 15.5. The second-order valence-corrected chi connectivity index (χ2v) is 7.06. The van der Waals surface area contributed by atoms with E-state index in [0.29, 0.717) is 11.5 Å². The number of nitrogens with zero attached hydrogens (tertiary/aromatic N) is 1. The van der Waals surface area contributed by atoms with Crippen molar-refractivity contribution >= 4 is 5.91 Å². The standard InChI is InChI=1S/C18H25FN2O/c1-13-10-14(4-5-16(13)19)11-15-6-9-21(12-15)17(22)18(20)7-2-3-8-18/h4-5,10,15H,2-3,6-9,11-12,20H2,1H3. The molecule has 1 heterocycles. The molecule has 4 heteroatoms. The highest BCUT2D eigenvalue weighted by Gasteiger charge is 2.41. The van der Waals surface area contributed by atoms with E-state index in [-0.39, 0.29) is 11.7 Å². The Morgan fingerprint density at radius 1 is 1.41 bits per heavy atom. The molecule has 120 valence electrons. The van der Waals surface area contributed by atoms with Crippen LogP contribution in [-0.2, 0) is 11.2 Å². The molecule has 1 unspecified atom stereocenters. The second kappa shape index (κ2) is 5.99. The highest BCUT2D eigenvalue weighted by molar-refractivity contribution is 5.86. The average molecular weight is 304 g/mol. The van der Waals surface area contributed by atoms with Crippen LogP contribution >= 0.6 is 0 Å². The van der Waals surface area contributed by atoms with Crippen molar-refractivity contribution in [3.05, 3.63) is 35.1 Å². The molecule has 1 amide bonds. The SMILES string of the molecule is Cc1cc(CC2CCN(C(=O)C3(N)CCCC3)C2)ccc1F. The number of nitrogens with two attached hydrogens (primary N) is 1. The number of hydrogen-bond donors (Lipinski definition) is 1. The molecule has 1 aromatic rings. The van der Waals surface area contributed by atoms with Gasteiger partial charge in [-0.15, -0.1) is 0 Å². The highest BCUT2D eigenvalue weighted by Crippen LogP contribution is 2.31. The van der Waals surface area contributed by atoms with E-state index in [1.165, 1.54) is 6.07 Å². The summed E-state index contributed by atoms with van der Waals surface area (Å²) >= 11 is 0. The van der Waals surface area contributed by atoms with E-state index in [1.54, 1.807) is 6.92 Å². The summed E-state index contributed by atoms with van der Waals surface area (Å²) < 4.78 is 13.3. The third-order valence-corrected chi connectivity index (χ3v) is 5.24. The van der Waals surface area contributed by atoms with Crippen molar-refractivity contribution in [1.29, 1.82) is 0 Å². The van der Waals surface area contributed by atoms with E-state index >= 15 is 0 Å². The first-order valence-electron chi connectivity index (χ1n) is 8.31. The minimum Gasteiger partial charge on any atom is -0.341 e. The summed E-state index contributed by atoms with van der Waals surface area (Å²) in [6, 6.07) is 5.31. The lowest BCUT2D eigenvalue weighted by Gasteiger charge is -2.28. The van der Waals surface area contributed by atoms with Crippen LogP contribution in [-0.4, -0.2) is 29.4 Å². The van der Waals surface area contributed by atoms with Crippen LogP contribution in [0.25, 0.3) is 0 Å². The molecule has 1 aliphatic carbocycles. The Hall–Kier alpha value is -1.42. The van der Waals surface area contributed by atoms with Crippen molar-refractivity contribution in [2.45, 2.75) is 51.0 Å². The van der Waals surface area contributed by atoms with Crippen LogP contribution in [0.2, 0.25) is 0 Å². The molecule has 22 heavy (non-hydrogen) atoms. The molecule has 0 spiro atoms. The Kier molecular flexibility index (Phi) is 4.22. The van der Waals surface area contributed by atoms with E-state index in [4.69, 9.17) is 5.73 Å². The molecule has 1 aromatic carbocycles. The van der Waals surface area contributed by atoms with Crippen molar-refractivity contribution in [1.82, 2.24) is 4.90 Å². The summed E-state index contributed by atoms with van der Waals surface area (Å²) in [4.78, 5) is 14.6. The number of rotatable bonds is 3. The maximum atomic E-state index is 13.3. The number of carbonyl (C=O) groups excluding carboxylic acids is 1. The van der Waals surface area contributed by atoms with E-state index in [1.807, 2.05) is 17.0 Å². The van der Waals surface area contributed by atoms with Gasteiger partial charge in [-0.2, -0.15) is 0 Å². The number of likely N-dealkylation sites (tertiary alicyclic amines) is 1. The Labute approximate surface area is 131 Å². The third-order valence-electron chi connectivity index (χ3n) is 5.24. The van der Waals surface area contributed by atoms with Crippen LogP contribution < -0.4 is 5.73 Å². The van der Waals surface area contributed by atoms with E-state index in [0.717, 1.165) is 57.2 Å². The lowest BCUT2D eigenvalue weighted by molar-refractivity contribution is -0.135. The molecule has 2 fully saturated rings. The summed E-state index contributed by atoms with van der Waals surface area (Å²) in [6.45, 7) is 3.39. The van der Waals surface area contributed by atoms with Crippen molar-refractivity contribution in [2.75, 3.05) is 13.1 Å². The fraction of sp³-hybridized carbons (Fsp3) is 0.611. The normalized spacial score (nSPS) is 24.0. The molecule has 1 aliphatic heterocycles. The average Bonchev–Trinajstić information content (AvgIpc) is 3.12. The Balaban J connectivity index is 1.60. The Morgan fingerprint density at radius 2 is 2.14 bits per heavy atom. The molecule has 2 N–H and O–H groups in total. The summed E-state index contributed by atoms with van der Waals surface area (Å²) in [6.07, 6.45) is 5.69. The monoisotopic (exact) mass is 304 g/mol. The van der Waals surface area contributed by atoms with Gasteiger partial charge in [0.2, 0.25) is 5.91 Å². The summed E-state index contributed by atoms with van der Waals surface area (Å²) in [5.41, 5.74) is 7.52. The molecule has 3 nitrogen and oxygen atoms in total. The van der Waals surface area contributed by atoms with Gasteiger partial charge in [0.25, 0.3) is 0 Å². The number of halogens is 1. The van der Waals surface area contributed by atoms with E-state index in [2.05, 4.69) is 0 Å². The quantitative estimate of drug-likeness (QED) is 0.933. The summed E-state index contributed by atoms with van der Waals surface area (Å²) in [7, 11) is 0. The predicted octanol–water partition coefficient (Wildman–Crippen LogP) is 2.80. The van der Waals surface area contributed by atoms with Gasteiger partial charge in [0.05, 0.1) is 5.54 Å². The van der Waals surface area contributed by atoms with Crippen LogP contribution in [0.4, 0.5) is 4.39 Å². The van der Waals surface area contributed by atoms with Gasteiger partial charge < -0.3 is 10.6 Å². The first-order chi connectivity index (χ1) is 10.5. The fourth-order valence-corrected chi connectivity index (χ4v) is 3.89. The maximum Gasteiger partial charge on any atom is 0.242 e. The minimum atomic E-state index is -0.610. The van der Waals surface area contributed by atoms with Crippen molar-refractivity contribution in [2.24, 2.45) is 11.7 Å². The molecule has 1 atom stereocenters. The van der Waals surface area contributed by atoms with Gasteiger partial charge in [0.15, 0.2) is 0 Å². The predicted molar refractivity (Wildman–Crippen MR) is 84.9 cm³/mol. The molecule has 1 saturated heterocycles. The van der Waals surface area contributed by atoms with Crippen molar-refractivity contribution in [3.8, 4) is 0 Å². The summed E-state index contributed by atoms with van der Waals surface area (Å²) in [5.74, 6) is 0.444. The van der Waals surface area contributed by atoms with Crippen LogP contribution in [0.5, 0.6) is 0 Å². The van der Waals surface area contributed by atoms with Gasteiger partial charge in [0, 0.05) is 13.1 Å². The molecule has 3 rings (SSSR count). The second-order valence-electron chi connectivity index (χ2n) is 7.06. The summed E-state index contributed by atoms with van der Waals surface area (Å²) in [5, 5.41) is 0. The fourth-order valence-electron chi connectivity index (χ4n) is 3.89. The van der Waals surface area contributed by atoms with Crippen LogP contribution in [0, 0.1) is 18.7 Å². The lowest BCUT2D eigenvalue weighted by Crippen LogP contribution is -2.52. The van der Waals surface area contributed by atoms with Gasteiger partial charge in [0.1, 0.15) is 5.82 Å². The molecule has 2 aliphatic rings. The van der Waals surface area contributed by atoms with Gasteiger partial charge >= 0.3 is 0 Å². The Bertz CT molecular complexity index is 566. The maximum absolute atomic E-state index is 13.3. The number of hydrogen-bond acceptors (Lipinski definition) is 2. The first-order valence-corrected chi connectivity index (χ1v) is 8.31. The molecule has 0 bridgehead atoms. The zero-order chi connectivity index (χ0) is 15.7. The number of carbonyl (C=O) groups is 1. The van der Waals surface area contributed by atoms with Crippen molar-refractivity contribution in [3.63, 3.8) is 0 Å². The van der Waals surface area contributed by atoms with Crippen LogP contribution in [0.1, 0.15) is 43.2 Å². The van der Waals surface area contributed by atoms with E-state index < -0.39 is 5.54 Å². The van der Waals surface area contributed by atoms with Gasteiger partial charge in [-0.05, 0) is 55.7 Å². The number of amides is 1. The van der Waals surface area contributed by atoms with Gasteiger partial charge in [-0.1, -0.05) is 25.0 Å². The van der Waals surface area contributed by atoms with Crippen LogP contribution in [0.3, 0.4) is 0 Å². The number of benzene rings is 1. The molecule has 0 aromatic heterocycles. The third kappa shape index (κ3) is 3.02. The van der Waals surface area contributed by atoms with Crippen molar-refractivity contribution < 1.29 is 9.18 Å². The topological polar surface area (TPSA) is 46.3 Å². The van der Waals surface area contributed by atoms with Crippen LogP contribution in [0.15, 0.2) is 18.2 Å². The molecule has 1 saturated carbocycles.